The van der Waals surface area contributed by atoms with Crippen molar-refractivity contribution in [2.24, 2.45) is 0 Å². The molecular weight excluding hydrogens is 250 g/mol. The second-order valence-corrected chi connectivity index (χ2v) is 4.29. The summed E-state index contributed by atoms with van der Waals surface area (Å²) in [5.41, 5.74) is 0.780. The Morgan fingerprint density at radius 1 is 1.22 bits per heavy atom. The Hall–Kier alpha value is -1.74. The number of carbonyl (C=O) groups is 1. The fourth-order valence-corrected chi connectivity index (χ4v) is 1.91. The van der Waals surface area contributed by atoms with Crippen LogP contribution < -0.4 is 10.1 Å². The molecule has 18 heavy (non-hydrogen) atoms. The van der Waals surface area contributed by atoms with Gasteiger partial charge in [-0.25, -0.2) is 0 Å². The molecule has 0 aliphatic carbocycles. The van der Waals surface area contributed by atoms with E-state index in [1.807, 2.05) is 36.4 Å². The molecule has 3 nitrogen and oxygen atoms in total. The Bertz CT molecular complexity index is 569. The van der Waals surface area contributed by atoms with Crippen molar-refractivity contribution in [3.05, 3.63) is 36.4 Å². The number of nitrogens with one attached hydrogen (secondary N) is 1. The fraction of sp³-hybridized carbons (Fsp3) is 0.214. The standard InChI is InChI=1S/C14H14ClNO2/c1-18-13-5-3-10-8-12(4-2-11(10)9-13)16-14(17)6-7-15/h2-5,8-9H,6-7H2,1H3,(H,16,17). The molecule has 0 spiro atoms. The third kappa shape index (κ3) is 2.93. The minimum atomic E-state index is -0.0714. The lowest BCUT2D eigenvalue weighted by atomic mass is 10.1. The minimum Gasteiger partial charge on any atom is -0.497 e. The van der Waals surface area contributed by atoms with Gasteiger partial charge in [-0.15, -0.1) is 11.6 Å². The van der Waals surface area contributed by atoms with E-state index < -0.39 is 0 Å². The van der Waals surface area contributed by atoms with Gasteiger partial charge in [-0.2, -0.15) is 0 Å². The third-order valence-corrected chi connectivity index (χ3v) is 2.84. The first-order valence-corrected chi connectivity index (χ1v) is 6.20. The first-order chi connectivity index (χ1) is 8.72. The molecule has 0 aromatic heterocycles. The number of ether oxygens (including phenoxy) is 1. The highest BCUT2D eigenvalue weighted by Crippen LogP contribution is 2.23. The fourth-order valence-electron chi connectivity index (χ4n) is 1.74. The Labute approximate surface area is 111 Å². The maximum Gasteiger partial charge on any atom is 0.225 e. The van der Waals surface area contributed by atoms with Gasteiger partial charge < -0.3 is 10.1 Å². The lowest BCUT2D eigenvalue weighted by Crippen LogP contribution is -2.11. The van der Waals surface area contributed by atoms with Crippen LogP contribution in [0.3, 0.4) is 0 Å². The van der Waals surface area contributed by atoms with Gasteiger partial charge >= 0.3 is 0 Å². The number of halogens is 1. The van der Waals surface area contributed by atoms with E-state index in [-0.39, 0.29) is 5.91 Å². The second kappa shape index (κ2) is 5.74. The zero-order valence-electron chi connectivity index (χ0n) is 10.1. The van der Waals surface area contributed by atoms with E-state index in [9.17, 15) is 4.79 Å². The van der Waals surface area contributed by atoms with Crippen LogP contribution in [0.15, 0.2) is 36.4 Å². The smallest absolute Gasteiger partial charge is 0.225 e. The maximum absolute atomic E-state index is 11.4. The first kappa shape index (κ1) is 12.7. The van der Waals surface area contributed by atoms with E-state index in [1.54, 1.807) is 7.11 Å². The third-order valence-electron chi connectivity index (χ3n) is 2.65. The van der Waals surface area contributed by atoms with E-state index in [2.05, 4.69) is 5.32 Å². The Morgan fingerprint density at radius 3 is 2.67 bits per heavy atom. The predicted octanol–water partition coefficient (Wildman–Crippen LogP) is 3.42. The van der Waals surface area contributed by atoms with E-state index in [0.717, 1.165) is 22.2 Å². The van der Waals surface area contributed by atoms with Gasteiger partial charge in [0.1, 0.15) is 5.75 Å². The van der Waals surface area contributed by atoms with Gasteiger partial charge in [0.2, 0.25) is 5.91 Å². The summed E-state index contributed by atoms with van der Waals surface area (Å²) < 4.78 is 5.16. The molecule has 0 saturated heterocycles. The zero-order valence-corrected chi connectivity index (χ0v) is 10.8. The van der Waals surface area contributed by atoms with Crippen molar-refractivity contribution < 1.29 is 9.53 Å². The molecule has 0 aliphatic heterocycles. The number of amides is 1. The Kier molecular flexibility index (Phi) is 4.05. The Balaban J connectivity index is 2.25. The topological polar surface area (TPSA) is 38.3 Å². The van der Waals surface area contributed by atoms with Crippen molar-refractivity contribution >= 4 is 34.0 Å². The molecule has 1 amide bonds. The van der Waals surface area contributed by atoms with Crippen molar-refractivity contribution in [3.63, 3.8) is 0 Å². The zero-order chi connectivity index (χ0) is 13.0. The van der Waals surface area contributed by atoms with Gasteiger partial charge in [0.15, 0.2) is 0 Å². The van der Waals surface area contributed by atoms with Gasteiger partial charge in [0.05, 0.1) is 7.11 Å². The molecule has 0 saturated carbocycles. The van der Waals surface area contributed by atoms with E-state index >= 15 is 0 Å². The molecule has 2 aromatic carbocycles. The SMILES string of the molecule is COc1ccc2cc(NC(=O)CCCl)ccc2c1. The van der Waals surface area contributed by atoms with E-state index in [1.165, 1.54) is 0 Å². The molecule has 0 unspecified atom stereocenters. The van der Waals surface area contributed by atoms with Gasteiger partial charge in [-0.3, -0.25) is 4.79 Å². The summed E-state index contributed by atoms with van der Waals surface area (Å²) in [5, 5.41) is 4.94. The van der Waals surface area contributed by atoms with Gasteiger partial charge in [0.25, 0.3) is 0 Å². The normalized spacial score (nSPS) is 10.3. The quantitative estimate of drug-likeness (QED) is 0.859. The number of rotatable bonds is 4. The van der Waals surface area contributed by atoms with Gasteiger partial charge in [-0.1, -0.05) is 12.1 Å². The summed E-state index contributed by atoms with van der Waals surface area (Å²) in [6.07, 6.45) is 0.322. The summed E-state index contributed by atoms with van der Waals surface area (Å²) in [6.45, 7) is 0. The van der Waals surface area contributed by atoms with E-state index in [4.69, 9.17) is 16.3 Å². The summed E-state index contributed by atoms with van der Waals surface area (Å²) in [7, 11) is 1.64. The summed E-state index contributed by atoms with van der Waals surface area (Å²) in [4.78, 5) is 11.4. The van der Waals surface area contributed by atoms with Crippen LogP contribution >= 0.6 is 11.6 Å². The molecule has 0 fully saturated rings. The number of anilines is 1. The highest BCUT2D eigenvalue weighted by molar-refractivity contribution is 6.19. The van der Waals surface area contributed by atoms with Crippen LogP contribution in [0.4, 0.5) is 5.69 Å². The lowest BCUT2D eigenvalue weighted by molar-refractivity contribution is -0.115. The number of benzene rings is 2. The summed E-state index contributed by atoms with van der Waals surface area (Å²) in [5.74, 6) is 1.08. The summed E-state index contributed by atoms with van der Waals surface area (Å²) >= 11 is 5.52. The predicted molar refractivity (Wildman–Crippen MR) is 74.5 cm³/mol. The average molecular weight is 264 g/mol. The number of hydrogen-bond acceptors (Lipinski definition) is 2. The number of hydrogen-bond donors (Lipinski definition) is 1. The van der Waals surface area contributed by atoms with Crippen LogP contribution in [0.2, 0.25) is 0 Å². The number of carbonyl (C=O) groups excluding carboxylic acids is 1. The van der Waals surface area contributed by atoms with Crippen LogP contribution in [0.5, 0.6) is 5.75 Å². The molecule has 0 atom stereocenters. The Morgan fingerprint density at radius 2 is 1.94 bits per heavy atom. The van der Waals surface area contributed by atoms with Crippen molar-refractivity contribution in [1.82, 2.24) is 0 Å². The van der Waals surface area contributed by atoms with Crippen LogP contribution in [0.1, 0.15) is 6.42 Å². The van der Waals surface area contributed by atoms with Crippen LogP contribution in [0.25, 0.3) is 10.8 Å². The lowest BCUT2D eigenvalue weighted by Gasteiger charge is -2.07. The molecule has 0 aliphatic rings. The van der Waals surface area contributed by atoms with Crippen LogP contribution in [-0.4, -0.2) is 18.9 Å². The number of methoxy groups -OCH3 is 1. The molecule has 2 aromatic rings. The molecule has 94 valence electrons. The van der Waals surface area contributed by atoms with Crippen LogP contribution in [-0.2, 0) is 4.79 Å². The number of alkyl halides is 1. The largest absolute Gasteiger partial charge is 0.497 e. The van der Waals surface area contributed by atoms with Gasteiger partial charge in [0, 0.05) is 18.0 Å². The highest BCUT2D eigenvalue weighted by Gasteiger charge is 2.03. The van der Waals surface area contributed by atoms with Crippen LogP contribution in [0, 0.1) is 0 Å². The van der Waals surface area contributed by atoms with Crippen molar-refractivity contribution in [2.75, 3.05) is 18.3 Å². The van der Waals surface area contributed by atoms with E-state index in [0.29, 0.717) is 12.3 Å². The molecule has 4 heteroatoms. The molecule has 1 N–H and O–H groups in total. The van der Waals surface area contributed by atoms with Crippen molar-refractivity contribution in [1.29, 1.82) is 0 Å². The molecule has 0 radical (unpaired) electrons. The second-order valence-electron chi connectivity index (χ2n) is 3.92. The average Bonchev–Trinajstić information content (AvgIpc) is 2.38. The molecule has 2 rings (SSSR count). The molecule has 0 heterocycles. The monoisotopic (exact) mass is 263 g/mol. The van der Waals surface area contributed by atoms with Gasteiger partial charge in [-0.05, 0) is 35.0 Å². The van der Waals surface area contributed by atoms with Crippen molar-refractivity contribution in [2.45, 2.75) is 6.42 Å². The summed E-state index contributed by atoms with van der Waals surface area (Å²) in [6, 6.07) is 11.6. The minimum absolute atomic E-state index is 0.0714. The molecular formula is C14H14ClNO2. The van der Waals surface area contributed by atoms with Crippen molar-refractivity contribution in [3.8, 4) is 5.75 Å². The number of fused-ring (bicyclic) bond motifs is 1. The highest BCUT2D eigenvalue weighted by atomic mass is 35.5. The maximum atomic E-state index is 11.4. The first-order valence-electron chi connectivity index (χ1n) is 5.66. The molecule has 0 bridgehead atoms.